The summed E-state index contributed by atoms with van der Waals surface area (Å²) in [5, 5.41) is 11.3. The molecule has 1 aromatic heterocycles. The van der Waals surface area contributed by atoms with E-state index >= 15 is 0 Å². The number of hydrogen-bond acceptors (Lipinski definition) is 6. The molecule has 0 fully saturated rings. The predicted octanol–water partition coefficient (Wildman–Crippen LogP) is 1.65. The molecule has 0 spiro atoms. The molecule has 1 heterocycles. The third-order valence-corrected chi connectivity index (χ3v) is 3.96. The molecular formula is C17H15N3O4S. The van der Waals surface area contributed by atoms with Crippen LogP contribution in [-0.2, 0) is 20.9 Å². The number of aromatic nitrogens is 1. The molecular weight excluding hydrogens is 342 g/mol. The molecule has 128 valence electrons. The molecule has 0 aliphatic rings. The van der Waals surface area contributed by atoms with Gasteiger partial charge in [0.15, 0.2) is 6.61 Å². The van der Waals surface area contributed by atoms with Crippen molar-refractivity contribution in [1.82, 2.24) is 4.57 Å². The van der Waals surface area contributed by atoms with Gasteiger partial charge in [-0.15, -0.1) is 11.8 Å². The van der Waals surface area contributed by atoms with Gasteiger partial charge in [-0.05, 0) is 18.2 Å². The second kappa shape index (κ2) is 9.30. The van der Waals surface area contributed by atoms with Crippen molar-refractivity contribution in [3.8, 4) is 6.07 Å². The Bertz CT molecular complexity index is 857. The monoisotopic (exact) mass is 357 g/mol. The van der Waals surface area contributed by atoms with Gasteiger partial charge >= 0.3 is 5.97 Å². The number of anilines is 1. The van der Waals surface area contributed by atoms with Crippen LogP contribution in [0.3, 0.4) is 0 Å². The van der Waals surface area contributed by atoms with E-state index in [2.05, 4.69) is 5.32 Å². The number of carbonyl (C=O) groups is 2. The van der Waals surface area contributed by atoms with E-state index in [1.165, 1.54) is 28.6 Å². The second-order valence-electron chi connectivity index (χ2n) is 4.82. The van der Waals surface area contributed by atoms with E-state index in [1.807, 2.05) is 6.07 Å². The number of benzene rings is 1. The summed E-state index contributed by atoms with van der Waals surface area (Å²) < 4.78 is 6.07. The summed E-state index contributed by atoms with van der Waals surface area (Å²) in [6.07, 6.45) is 1.46. The molecule has 0 bridgehead atoms. The minimum absolute atomic E-state index is 0.258. The minimum Gasteiger partial charge on any atom is -0.454 e. The van der Waals surface area contributed by atoms with Gasteiger partial charge in [0.25, 0.3) is 11.5 Å². The predicted molar refractivity (Wildman–Crippen MR) is 93.1 cm³/mol. The van der Waals surface area contributed by atoms with Gasteiger partial charge in [-0.1, -0.05) is 18.2 Å². The van der Waals surface area contributed by atoms with Crippen molar-refractivity contribution in [2.75, 3.05) is 17.7 Å². The largest absolute Gasteiger partial charge is 0.454 e. The normalized spacial score (nSPS) is 9.88. The lowest BCUT2D eigenvalue weighted by molar-refractivity contribution is -0.147. The Morgan fingerprint density at radius 2 is 1.96 bits per heavy atom. The van der Waals surface area contributed by atoms with Crippen molar-refractivity contribution < 1.29 is 14.3 Å². The van der Waals surface area contributed by atoms with Crippen LogP contribution >= 0.6 is 11.8 Å². The first-order valence-electron chi connectivity index (χ1n) is 7.30. The molecule has 0 radical (unpaired) electrons. The van der Waals surface area contributed by atoms with Crippen molar-refractivity contribution in [2.45, 2.75) is 11.4 Å². The van der Waals surface area contributed by atoms with Gasteiger partial charge in [-0.2, -0.15) is 5.26 Å². The first kappa shape index (κ1) is 18.3. The van der Waals surface area contributed by atoms with Gasteiger partial charge < -0.3 is 14.6 Å². The van der Waals surface area contributed by atoms with Crippen molar-refractivity contribution >= 4 is 29.3 Å². The molecule has 0 aliphatic heterocycles. The summed E-state index contributed by atoms with van der Waals surface area (Å²) in [7, 11) is 0. The summed E-state index contributed by atoms with van der Waals surface area (Å²) in [5.41, 5.74) is 0.218. The highest BCUT2D eigenvalue weighted by molar-refractivity contribution is 7.99. The number of nitrogens with zero attached hydrogens (tertiary/aromatic N) is 2. The topological polar surface area (TPSA) is 101 Å². The van der Waals surface area contributed by atoms with Crippen LogP contribution in [0.1, 0.15) is 0 Å². The Morgan fingerprint density at radius 1 is 1.20 bits per heavy atom. The van der Waals surface area contributed by atoms with Crippen molar-refractivity contribution in [3.63, 3.8) is 0 Å². The van der Waals surface area contributed by atoms with E-state index in [1.54, 1.807) is 36.4 Å². The van der Waals surface area contributed by atoms with E-state index in [9.17, 15) is 14.4 Å². The first-order chi connectivity index (χ1) is 12.1. The van der Waals surface area contributed by atoms with Crippen LogP contribution in [0.2, 0.25) is 0 Å². The van der Waals surface area contributed by atoms with E-state index in [-0.39, 0.29) is 17.9 Å². The smallest absolute Gasteiger partial charge is 0.326 e. The van der Waals surface area contributed by atoms with Crippen LogP contribution in [-0.4, -0.2) is 28.8 Å². The highest BCUT2D eigenvalue weighted by atomic mass is 32.2. The van der Waals surface area contributed by atoms with Crippen molar-refractivity contribution in [3.05, 3.63) is 59.0 Å². The number of esters is 1. The molecule has 0 saturated heterocycles. The van der Waals surface area contributed by atoms with Crippen LogP contribution in [0.5, 0.6) is 0 Å². The number of carbonyl (C=O) groups excluding carboxylic acids is 2. The number of nitriles is 1. The number of nitrogens with one attached hydrogen (secondary N) is 1. The molecule has 2 aromatic rings. The fraction of sp³-hybridized carbons (Fsp3) is 0.176. The van der Waals surface area contributed by atoms with Gasteiger partial charge in [0.1, 0.15) is 6.54 Å². The third-order valence-electron chi connectivity index (χ3n) is 3.02. The molecule has 1 aromatic carbocycles. The average molecular weight is 357 g/mol. The lowest BCUT2D eigenvalue weighted by Gasteiger charge is -2.10. The zero-order valence-electron chi connectivity index (χ0n) is 13.2. The molecule has 2 rings (SSSR count). The zero-order valence-corrected chi connectivity index (χ0v) is 14.0. The molecule has 0 unspecified atom stereocenters. The molecule has 25 heavy (non-hydrogen) atoms. The summed E-state index contributed by atoms with van der Waals surface area (Å²) in [6.45, 7) is -0.723. The van der Waals surface area contributed by atoms with Gasteiger partial charge in [-0.25, -0.2) is 0 Å². The lowest BCUT2D eigenvalue weighted by atomic mass is 10.3. The Labute approximate surface area is 148 Å². The summed E-state index contributed by atoms with van der Waals surface area (Å²) in [4.78, 5) is 35.9. The summed E-state index contributed by atoms with van der Waals surface area (Å²) in [6, 6.07) is 13.6. The minimum atomic E-state index is -0.685. The van der Waals surface area contributed by atoms with Gasteiger partial charge in [0.2, 0.25) is 0 Å². The maximum absolute atomic E-state index is 11.9. The van der Waals surface area contributed by atoms with Crippen LogP contribution in [0, 0.1) is 11.3 Å². The first-order valence-corrected chi connectivity index (χ1v) is 8.28. The number of rotatable bonds is 7. The second-order valence-corrected chi connectivity index (χ2v) is 5.84. The Morgan fingerprint density at radius 3 is 2.72 bits per heavy atom. The lowest BCUT2D eigenvalue weighted by Crippen LogP contribution is -2.27. The number of ether oxygens (including phenoxy) is 1. The van der Waals surface area contributed by atoms with E-state index in [0.717, 1.165) is 4.90 Å². The molecule has 0 saturated carbocycles. The van der Waals surface area contributed by atoms with E-state index < -0.39 is 18.5 Å². The highest BCUT2D eigenvalue weighted by Gasteiger charge is 2.11. The maximum Gasteiger partial charge on any atom is 0.326 e. The third kappa shape index (κ3) is 5.82. The summed E-state index contributed by atoms with van der Waals surface area (Å²) in [5.74, 6) is -0.928. The molecule has 8 heteroatoms. The molecule has 7 nitrogen and oxygen atoms in total. The maximum atomic E-state index is 11.9. The molecule has 0 atom stereocenters. The van der Waals surface area contributed by atoms with Crippen LogP contribution in [0.25, 0.3) is 0 Å². The van der Waals surface area contributed by atoms with Crippen molar-refractivity contribution in [2.24, 2.45) is 0 Å². The van der Waals surface area contributed by atoms with Crippen LogP contribution in [0.15, 0.2) is 58.4 Å². The Hall–Kier alpha value is -3.05. The molecule has 1 amide bonds. The Balaban J connectivity index is 1.87. The van der Waals surface area contributed by atoms with E-state index in [4.69, 9.17) is 10.00 Å². The SMILES string of the molecule is N#CCSc1ccccc1NC(=O)COC(=O)Cn1ccccc1=O. The highest BCUT2D eigenvalue weighted by Crippen LogP contribution is 2.26. The van der Waals surface area contributed by atoms with Crippen LogP contribution in [0.4, 0.5) is 5.69 Å². The van der Waals surface area contributed by atoms with Crippen molar-refractivity contribution in [1.29, 1.82) is 5.26 Å². The Kier molecular flexibility index (Phi) is 6.80. The fourth-order valence-corrected chi connectivity index (χ4v) is 2.58. The molecule has 0 aliphatic carbocycles. The number of hydrogen-bond donors (Lipinski definition) is 1. The van der Waals surface area contributed by atoms with E-state index in [0.29, 0.717) is 5.69 Å². The zero-order chi connectivity index (χ0) is 18.1. The number of pyridine rings is 1. The number of thioether (sulfide) groups is 1. The number of para-hydroxylation sites is 1. The van der Waals surface area contributed by atoms with Gasteiger partial charge in [-0.3, -0.25) is 14.4 Å². The average Bonchev–Trinajstić information content (AvgIpc) is 2.61. The quantitative estimate of drug-likeness (QED) is 0.597. The summed E-state index contributed by atoms with van der Waals surface area (Å²) >= 11 is 1.30. The standard InChI is InChI=1S/C17H15N3O4S/c18-8-10-25-14-6-2-1-5-13(14)19-15(21)12-24-17(23)11-20-9-4-3-7-16(20)22/h1-7,9H,10-12H2,(H,19,21). The van der Waals surface area contributed by atoms with Gasteiger partial charge in [0.05, 0.1) is 17.5 Å². The molecule has 1 N–H and O–H groups in total. The van der Waals surface area contributed by atoms with Crippen LogP contribution < -0.4 is 10.9 Å². The number of amides is 1. The fourth-order valence-electron chi connectivity index (χ4n) is 1.91. The van der Waals surface area contributed by atoms with Gasteiger partial charge in [0, 0.05) is 17.2 Å².